The largest absolute Gasteiger partial charge is 0.492 e. The van der Waals surface area contributed by atoms with Gasteiger partial charge < -0.3 is 25.2 Å². The van der Waals surface area contributed by atoms with Crippen molar-refractivity contribution in [2.75, 3.05) is 47.4 Å². The summed E-state index contributed by atoms with van der Waals surface area (Å²) in [6.07, 6.45) is 0. The quantitative estimate of drug-likeness (QED) is 0.416. The molecule has 0 unspecified atom stereocenters. The molecule has 174 valence electrons. The molecule has 2 aromatic rings. The number of likely N-dealkylation sites (N-methyl/N-ethyl adjacent to an activating group) is 1. The summed E-state index contributed by atoms with van der Waals surface area (Å²) in [6, 6.07) is 15.7. The number of benzene rings is 2. The molecule has 0 atom stereocenters. The molecule has 0 aliphatic carbocycles. The van der Waals surface area contributed by atoms with Gasteiger partial charge in [0.2, 0.25) is 0 Å². The van der Waals surface area contributed by atoms with Gasteiger partial charge in [0.1, 0.15) is 12.4 Å². The molecular weight excluding hydrogens is 402 g/mol. The fourth-order valence-electron chi connectivity index (χ4n) is 3.22. The van der Waals surface area contributed by atoms with Crippen molar-refractivity contribution in [3.8, 4) is 5.75 Å². The third-order valence-corrected chi connectivity index (χ3v) is 5.27. The molecule has 32 heavy (non-hydrogen) atoms. The molecule has 0 heterocycles. The monoisotopic (exact) mass is 439 g/mol. The summed E-state index contributed by atoms with van der Waals surface area (Å²) in [7, 11) is 5.25. The molecule has 0 bridgehead atoms. The van der Waals surface area contributed by atoms with Crippen LogP contribution >= 0.6 is 0 Å². The molecule has 1 amide bonds. The summed E-state index contributed by atoms with van der Waals surface area (Å²) in [4.78, 5) is 20.2. The lowest BCUT2D eigenvalue weighted by molar-refractivity contribution is 0.0827. The van der Waals surface area contributed by atoms with Crippen LogP contribution in [0, 0.1) is 0 Å². The van der Waals surface area contributed by atoms with Crippen molar-refractivity contribution in [1.82, 2.24) is 20.4 Å². The van der Waals surface area contributed by atoms with Gasteiger partial charge in [0.25, 0.3) is 5.91 Å². The van der Waals surface area contributed by atoms with Crippen molar-refractivity contribution in [1.29, 1.82) is 0 Å². The lowest BCUT2D eigenvalue weighted by Gasteiger charge is -2.19. The van der Waals surface area contributed by atoms with Gasteiger partial charge in [0, 0.05) is 51.9 Å². The summed E-state index contributed by atoms with van der Waals surface area (Å²) in [5.41, 5.74) is 2.84. The number of para-hydroxylation sites is 1. The topological polar surface area (TPSA) is 69.2 Å². The average molecular weight is 440 g/mol. The molecule has 0 aliphatic rings. The van der Waals surface area contributed by atoms with E-state index in [0.29, 0.717) is 31.2 Å². The van der Waals surface area contributed by atoms with Crippen molar-refractivity contribution < 1.29 is 9.53 Å². The predicted molar refractivity (Wildman–Crippen MR) is 131 cm³/mol. The van der Waals surface area contributed by atoms with Crippen molar-refractivity contribution in [2.45, 2.75) is 26.9 Å². The van der Waals surface area contributed by atoms with Crippen LogP contribution in [0.15, 0.2) is 53.5 Å². The van der Waals surface area contributed by atoms with Gasteiger partial charge in [-0.05, 0) is 36.9 Å². The normalized spacial score (nSPS) is 11.4. The zero-order chi connectivity index (χ0) is 23.3. The number of hydrogen-bond acceptors (Lipinski definition) is 4. The minimum absolute atomic E-state index is 0.0000312. The first kappa shape index (κ1) is 25.2. The van der Waals surface area contributed by atoms with E-state index < -0.39 is 0 Å². The van der Waals surface area contributed by atoms with Gasteiger partial charge in [-0.15, -0.1) is 0 Å². The Morgan fingerprint density at radius 1 is 0.969 bits per heavy atom. The highest BCUT2D eigenvalue weighted by Gasteiger charge is 2.08. The summed E-state index contributed by atoms with van der Waals surface area (Å²) >= 11 is 0. The lowest BCUT2D eigenvalue weighted by Crippen LogP contribution is -2.36. The molecule has 0 saturated carbocycles. The number of amides is 1. The van der Waals surface area contributed by atoms with Gasteiger partial charge in [-0.2, -0.15) is 0 Å². The van der Waals surface area contributed by atoms with Crippen LogP contribution in [-0.2, 0) is 13.1 Å². The Labute approximate surface area is 192 Å². The first-order chi connectivity index (χ1) is 15.5. The van der Waals surface area contributed by atoms with Crippen molar-refractivity contribution >= 4 is 11.9 Å². The van der Waals surface area contributed by atoms with Crippen LogP contribution in [0.4, 0.5) is 0 Å². The minimum Gasteiger partial charge on any atom is -0.492 e. The molecule has 0 aromatic heterocycles. The van der Waals surface area contributed by atoms with Gasteiger partial charge in [0.15, 0.2) is 5.96 Å². The number of ether oxygens (including phenoxy) is 1. The molecule has 2 N–H and O–H groups in total. The second-order valence-electron chi connectivity index (χ2n) is 7.66. The molecular formula is C25H37N5O2. The molecule has 2 rings (SSSR count). The molecule has 0 saturated heterocycles. The fourth-order valence-corrected chi connectivity index (χ4v) is 3.22. The minimum atomic E-state index is -0.0000312. The number of guanidine groups is 1. The number of aliphatic imine (C=N–C) groups is 1. The van der Waals surface area contributed by atoms with Crippen LogP contribution in [0.5, 0.6) is 5.75 Å². The SMILES string of the molecule is CCN(CC)CCOc1ccccc1CNC(=NC)NCc1ccc(C(=O)N(C)C)cc1. The van der Waals surface area contributed by atoms with E-state index in [-0.39, 0.29) is 5.91 Å². The Hall–Kier alpha value is -3.06. The number of rotatable bonds is 11. The van der Waals surface area contributed by atoms with Gasteiger partial charge in [-0.25, -0.2) is 0 Å². The summed E-state index contributed by atoms with van der Waals surface area (Å²) < 4.78 is 6.04. The molecule has 7 nitrogen and oxygen atoms in total. The van der Waals surface area contributed by atoms with Gasteiger partial charge in [-0.1, -0.05) is 44.2 Å². The average Bonchev–Trinajstić information content (AvgIpc) is 2.82. The second kappa shape index (κ2) is 13.4. The Morgan fingerprint density at radius 2 is 1.62 bits per heavy atom. The zero-order valence-corrected chi connectivity index (χ0v) is 20.0. The second-order valence-corrected chi connectivity index (χ2v) is 7.66. The molecule has 0 aliphatic heterocycles. The van der Waals surface area contributed by atoms with Crippen molar-refractivity contribution in [3.05, 3.63) is 65.2 Å². The summed E-state index contributed by atoms with van der Waals surface area (Å²) in [5, 5.41) is 6.67. The summed E-state index contributed by atoms with van der Waals surface area (Å²) in [6.45, 7) is 9.18. The molecule has 0 radical (unpaired) electrons. The third kappa shape index (κ3) is 7.89. The van der Waals surface area contributed by atoms with Gasteiger partial charge >= 0.3 is 0 Å². The first-order valence-corrected chi connectivity index (χ1v) is 11.2. The van der Waals surface area contributed by atoms with Crippen molar-refractivity contribution in [3.63, 3.8) is 0 Å². The molecule has 0 spiro atoms. The predicted octanol–water partition coefficient (Wildman–Crippen LogP) is 2.97. The van der Waals surface area contributed by atoms with E-state index in [0.717, 1.165) is 36.5 Å². The van der Waals surface area contributed by atoms with E-state index in [1.165, 1.54) is 0 Å². The van der Waals surface area contributed by atoms with Gasteiger partial charge in [-0.3, -0.25) is 9.79 Å². The lowest BCUT2D eigenvalue weighted by atomic mass is 10.1. The van der Waals surface area contributed by atoms with Crippen LogP contribution in [0.1, 0.15) is 35.3 Å². The molecule has 2 aromatic carbocycles. The summed E-state index contributed by atoms with van der Waals surface area (Å²) in [5.74, 6) is 1.60. The smallest absolute Gasteiger partial charge is 0.253 e. The van der Waals surface area contributed by atoms with Crippen LogP contribution in [0.2, 0.25) is 0 Å². The molecule has 7 heteroatoms. The standard InChI is InChI=1S/C25H37N5O2/c1-6-30(7-2)16-17-32-23-11-9-8-10-22(23)19-28-25(26-3)27-18-20-12-14-21(15-13-20)24(31)29(4)5/h8-15H,6-7,16-19H2,1-5H3,(H2,26,27,28). The number of hydrogen-bond donors (Lipinski definition) is 2. The van der Waals surface area contributed by atoms with E-state index in [9.17, 15) is 4.79 Å². The zero-order valence-electron chi connectivity index (χ0n) is 20.0. The number of carbonyl (C=O) groups is 1. The maximum absolute atomic E-state index is 12.0. The van der Waals surface area contributed by atoms with Crippen molar-refractivity contribution in [2.24, 2.45) is 4.99 Å². The molecule has 0 fully saturated rings. The number of nitrogens with zero attached hydrogens (tertiary/aromatic N) is 3. The van der Waals surface area contributed by atoms with Crippen LogP contribution < -0.4 is 15.4 Å². The van der Waals surface area contributed by atoms with Crippen LogP contribution in [0.25, 0.3) is 0 Å². The maximum atomic E-state index is 12.0. The van der Waals surface area contributed by atoms with E-state index >= 15 is 0 Å². The van der Waals surface area contributed by atoms with E-state index in [1.807, 2.05) is 42.5 Å². The highest BCUT2D eigenvalue weighted by atomic mass is 16.5. The number of carbonyl (C=O) groups excluding carboxylic acids is 1. The highest BCUT2D eigenvalue weighted by molar-refractivity contribution is 5.93. The van der Waals surface area contributed by atoms with Gasteiger partial charge in [0.05, 0.1) is 0 Å². The Morgan fingerprint density at radius 3 is 2.25 bits per heavy atom. The van der Waals surface area contributed by atoms with Crippen LogP contribution in [0.3, 0.4) is 0 Å². The Balaban J connectivity index is 1.87. The van der Waals surface area contributed by atoms with E-state index in [2.05, 4.69) is 40.4 Å². The Bertz CT molecular complexity index is 861. The Kier molecular flexibility index (Phi) is 10.5. The van der Waals surface area contributed by atoms with Crippen LogP contribution in [-0.4, -0.2) is 69.1 Å². The third-order valence-electron chi connectivity index (χ3n) is 5.27. The highest BCUT2D eigenvalue weighted by Crippen LogP contribution is 2.17. The maximum Gasteiger partial charge on any atom is 0.253 e. The van der Waals surface area contributed by atoms with E-state index in [1.54, 1.807) is 26.0 Å². The first-order valence-electron chi connectivity index (χ1n) is 11.2. The van der Waals surface area contributed by atoms with E-state index in [4.69, 9.17) is 4.74 Å². The number of nitrogens with one attached hydrogen (secondary N) is 2. The fraction of sp³-hybridized carbons (Fsp3) is 0.440.